The molecule has 0 bridgehead atoms. The Hall–Kier alpha value is -0.790. The summed E-state index contributed by atoms with van der Waals surface area (Å²) in [4.78, 5) is 0. The molecule has 0 rings (SSSR count). The molecule has 60 valence electrons. The van der Waals surface area contributed by atoms with Crippen LogP contribution in [-0.2, 0) is 4.74 Å². The van der Waals surface area contributed by atoms with E-state index >= 15 is 0 Å². The lowest BCUT2D eigenvalue weighted by atomic mass is 10.5. The van der Waals surface area contributed by atoms with Gasteiger partial charge in [0.15, 0.2) is 5.83 Å². The van der Waals surface area contributed by atoms with Crippen LogP contribution in [0.2, 0.25) is 0 Å². The number of hydrogen-bond acceptors (Lipinski definition) is 1. The average molecular weight is 146 g/mol. The van der Waals surface area contributed by atoms with Gasteiger partial charge >= 0.3 is 0 Å². The zero-order valence-electron chi connectivity index (χ0n) is 6.91. The predicted molar refractivity (Wildman–Crippen MR) is 42.4 cm³/mol. The lowest BCUT2D eigenvalue weighted by molar-refractivity contribution is 0.227. The van der Waals surface area contributed by atoms with Crippen LogP contribution in [0.1, 0.15) is 20.8 Å². The van der Waals surface area contributed by atoms with Crippen molar-refractivity contribution in [2.75, 3.05) is 6.61 Å². The molecular formula is C8H15FO. The third-order valence-electron chi connectivity index (χ3n) is 0.621. The third kappa shape index (κ3) is 7.21. The first-order valence-electron chi connectivity index (χ1n) is 3.35. The van der Waals surface area contributed by atoms with Gasteiger partial charge in [-0.15, -0.1) is 0 Å². The fraction of sp³-hybridized carbons (Fsp3) is 0.500. The fourth-order valence-electron chi connectivity index (χ4n) is 0.253. The molecule has 2 heteroatoms. The largest absolute Gasteiger partial charge is 0.491 e. The zero-order valence-corrected chi connectivity index (χ0v) is 6.91. The maximum absolute atomic E-state index is 11.9. The van der Waals surface area contributed by atoms with Crippen LogP contribution in [0, 0.1) is 0 Å². The van der Waals surface area contributed by atoms with Crippen LogP contribution in [0.4, 0.5) is 4.39 Å². The Kier molecular flexibility index (Phi) is 9.80. The summed E-state index contributed by atoms with van der Waals surface area (Å²) >= 11 is 0. The van der Waals surface area contributed by atoms with E-state index in [2.05, 4.69) is 17.9 Å². The quantitative estimate of drug-likeness (QED) is 0.439. The van der Waals surface area contributed by atoms with E-state index in [-0.39, 0.29) is 5.76 Å². The molecule has 0 heterocycles. The van der Waals surface area contributed by atoms with E-state index in [1.807, 2.05) is 13.8 Å². The molecule has 0 aliphatic carbocycles. The molecule has 0 aromatic carbocycles. The van der Waals surface area contributed by atoms with E-state index in [4.69, 9.17) is 0 Å². The van der Waals surface area contributed by atoms with E-state index in [0.717, 1.165) is 0 Å². The molecule has 0 amide bonds. The van der Waals surface area contributed by atoms with E-state index in [1.165, 1.54) is 0 Å². The van der Waals surface area contributed by atoms with Gasteiger partial charge in [0.05, 0.1) is 6.61 Å². The minimum atomic E-state index is -0.605. The lowest BCUT2D eigenvalue weighted by Gasteiger charge is -2.00. The van der Waals surface area contributed by atoms with Crippen molar-refractivity contribution in [3.63, 3.8) is 0 Å². The van der Waals surface area contributed by atoms with Gasteiger partial charge in [-0.05, 0) is 6.92 Å². The topological polar surface area (TPSA) is 9.23 Å². The number of rotatable bonds is 3. The Bertz CT molecular complexity index is 108. The minimum Gasteiger partial charge on any atom is -0.491 e. The van der Waals surface area contributed by atoms with Gasteiger partial charge in [-0.3, -0.25) is 0 Å². The van der Waals surface area contributed by atoms with Crippen molar-refractivity contribution in [1.82, 2.24) is 0 Å². The van der Waals surface area contributed by atoms with Gasteiger partial charge in [-0.25, -0.2) is 4.39 Å². The number of halogens is 1. The molecule has 0 atom stereocenters. The summed E-state index contributed by atoms with van der Waals surface area (Å²) < 4.78 is 16.5. The Morgan fingerprint density at radius 3 is 1.90 bits per heavy atom. The highest BCUT2D eigenvalue weighted by Crippen LogP contribution is 2.05. The van der Waals surface area contributed by atoms with Crippen molar-refractivity contribution in [2.24, 2.45) is 0 Å². The van der Waals surface area contributed by atoms with Crippen molar-refractivity contribution in [3.05, 3.63) is 24.7 Å². The van der Waals surface area contributed by atoms with E-state index in [1.54, 1.807) is 6.92 Å². The minimum absolute atomic E-state index is 0.0208. The lowest BCUT2D eigenvalue weighted by Crippen LogP contribution is -1.87. The Morgan fingerprint density at radius 1 is 1.40 bits per heavy atom. The second-order valence-corrected chi connectivity index (χ2v) is 1.26. The third-order valence-corrected chi connectivity index (χ3v) is 0.621. The van der Waals surface area contributed by atoms with Gasteiger partial charge in [0.1, 0.15) is 5.76 Å². The SMILES string of the molecule is C=C(F)C(=C)OCC.CC. The van der Waals surface area contributed by atoms with Gasteiger partial charge in [-0.2, -0.15) is 0 Å². The summed E-state index contributed by atoms with van der Waals surface area (Å²) in [7, 11) is 0. The first-order valence-corrected chi connectivity index (χ1v) is 3.35. The molecule has 0 unspecified atom stereocenters. The molecule has 0 radical (unpaired) electrons. The van der Waals surface area contributed by atoms with Crippen LogP contribution < -0.4 is 0 Å². The van der Waals surface area contributed by atoms with Crippen LogP contribution in [0.5, 0.6) is 0 Å². The molecule has 0 fully saturated rings. The molecule has 0 aliphatic heterocycles. The highest BCUT2D eigenvalue weighted by atomic mass is 19.1. The highest BCUT2D eigenvalue weighted by molar-refractivity contribution is 5.10. The van der Waals surface area contributed by atoms with Gasteiger partial charge < -0.3 is 4.74 Å². The summed E-state index contributed by atoms with van der Waals surface area (Å²) in [5.74, 6) is -0.584. The molecule has 0 N–H and O–H groups in total. The second-order valence-electron chi connectivity index (χ2n) is 1.26. The molecule has 0 aliphatic rings. The number of allylic oxidation sites excluding steroid dienone is 1. The van der Waals surface area contributed by atoms with Crippen molar-refractivity contribution < 1.29 is 9.13 Å². The summed E-state index contributed by atoms with van der Waals surface area (Å²) in [6.45, 7) is 12.4. The molecular weight excluding hydrogens is 131 g/mol. The first kappa shape index (κ1) is 11.9. The van der Waals surface area contributed by atoms with Gasteiger partial charge in [-0.1, -0.05) is 27.0 Å². The average Bonchev–Trinajstić information content (AvgIpc) is 1.93. The predicted octanol–water partition coefficient (Wildman–Crippen LogP) is 3.05. The summed E-state index contributed by atoms with van der Waals surface area (Å²) in [5, 5.41) is 0. The van der Waals surface area contributed by atoms with E-state index in [9.17, 15) is 4.39 Å². The summed E-state index contributed by atoms with van der Waals surface area (Å²) in [6, 6.07) is 0. The molecule has 0 aromatic rings. The molecule has 0 spiro atoms. The van der Waals surface area contributed by atoms with Crippen LogP contribution >= 0.6 is 0 Å². The fourth-order valence-corrected chi connectivity index (χ4v) is 0.253. The van der Waals surface area contributed by atoms with Crippen molar-refractivity contribution in [3.8, 4) is 0 Å². The van der Waals surface area contributed by atoms with Crippen LogP contribution in [-0.4, -0.2) is 6.61 Å². The van der Waals surface area contributed by atoms with E-state index < -0.39 is 5.83 Å². The van der Waals surface area contributed by atoms with Crippen LogP contribution in [0.3, 0.4) is 0 Å². The van der Waals surface area contributed by atoms with Crippen molar-refractivity contribution in [1.29, 1.82) is 0 Å². The summed E-state index contributed by atoms with van der Waals surface area (Å²) in [6.07, 6.45) is 0. The standard InChI is InChI=1S/C6H9FO.C2H6/c1-4-8-6(3)5(2)7;1-2/h2-4H2,1H3;1-2H3. The number of ether oxygens (including phenoxy) is 1. The zero-order chi connectivity index (χ0) is 8.57. The van der Waals surface area contributed by atoms with Crippen molar-refractivity contribution >= 4 is 0 Å². The van der Waals surface area contributed by atoms with Crippen molar-refractivity contribution in [2.45, 2.75) is 20.8 Å². The maximum atomic E-state index is 11.9. The molecule has 0 saturated carbocycles. The highest BCUT2D eigenvalue weighted by Gasteiger charge is 1.94. The second kappa shape index (κ2) is 8.21. The van der Waals surface area contributed by atoms with Crippen LogP contribution in [0.25, 0.3) is 0 Å². The molecule has 1 nitrogen and oxygen atoms in total. The molecule has 10 heavy (non-hydrogen) atoms. The first-order chi connectivity index (χ1) is 4.68. The normalized spacial score (nSPS) is 7.20. The molecule has 0 aromatic heterocycles. The Labute approximate surface area is 62.2 Å². The Morgan fingerprint density at radius 2 is 1.80 bits per heavy atom. The monoisotopic (exact) mass is 146 g/mol. The van der Waals surface area contributed by atoms with E-state index in [0.29, 0.717) is 6.61 Å². The number of hydrogen-bond donors (Lipinski definition) is 0. The van der Waals surface area contributed by atoms with Gasteiger partial charge in [0.2, 0.25) is 0 Å². The van der Waals surface area contributed by atoms with Crippen LogP contribution in [0.15, 0.2) is 24.7 Å². The Balaban J connectivity index is 0. The summed E-state index contributed by atoms with van der Waals surface area (Å²) in [5.41, 5.74) is 0. The molecule has 0 saturated heterocycles. The van der Waals surface area contributed by atoms with Gasteiger partial charge in [0.25, 0.3) is 0 Å². The van der Waals surface area contributed by atoms with Gasteiger partial charge in [0, 0.05) is 0 Å². The smallest absolute Gasteiger partial charge is 0.157 e. The maximum Gasteiger partial charge on any atom is 0.157 e.